The van der Waals surface area contributed by atoms with Gasteiger partial charge < -0.3 is 4.57 Å². The van der Waals surface area contributed by atoms with Crippen LogP contribution in [0.25, 0.3) is 49.6 Å². The summed E-state index contributed by atoms with van der Waals surface area (Å²) in [4.78, 5) is 4.83. The van der Waals surface area contributed by atoms with Crippen LogP contribution in [0.2, 0.25) is 0 Å². The van der Waals surface area contributed by atoms with E-state index < -0.39 is 0 Å². The molecule has 0 N–H and O–H groups in total. The summed E-state index contributed by atoms with van der Waals surface area (Å²) in [5.41, 5.74) is 5.78. The maximum absolute atomic E-state index is 4.83. The summed E-state index contributed by atoms with van der Waals surface area (Å²) in [5.74, 6) is 0. The Morgan fingerprint density at radius 1 is 0.484 bits per heavy atom. The molecule has 1 aromatic heterocycles. The second kappa shape index (κ2) is 7.26. The lowest BCUT2D eigenvalue weighted by Gasteiger charge is -2.16. The van der Waals surface area contributed by atoms with Gasteiger partial charge in [-0.15, -0.1) is 0 Å². The average Bonchev–Trinajstić information content (AvgIpc) is 3.33. The summed E-state index contributed by atoms with van der Waals surface area (Å²) in [6.07, 6.45) is 4.03. The predicted molar refractivity (Wildman–Crippen MR) is 129 cm³/mol. The fraction of sp³-hybridized carbons (Fsp3) is 0. The maximum atomic E-state index is 4.83. The van der Waals surface area contributed by atoms with Crippen molar-refractivity contribution in [2.24, 2.45) is 0 Å². The van der Waals surface area contributed by atoms with E-state index >= 15 is 0 Å². The lowest BCUT2D eigenvalue weighted by atomic mass is 9.87. The van der Waals surface area contributed by atoms with Crippen LogP contribution in [0.15, 0.2) is 122 Å². The number of benzene rings is 5. The Morgan fingerprint density at radius 3 is 1.55 bits per heavy atom. The first-order chi connectivity index (χ1) is 15.4. The molecule has 0 fully saturated rings. The molecule has 31 heavy (non-hydrogen) atoms. The van der Waals surface area contributed by atoms with E-state index in [1.54, 1.807) is 0 Å². The average molecular weight is 396 g/mol. The highest BCUT2D eigenvalue weighted by Gasteiger charge is 2.17. The van der Waals surface area contributed by atoms with E-state index in [4.69, 9.17) is 4.98 Å². The zero-order valence-corrected chi connectivity index (χ0v) is 16.9. The number of rotatable bonds is 3. The Bertz CT molecular complexity index is 1460. The number of para-hydroxylation sites is 1. The van der Waals surface area contributed by atoms with E-state index in [2.05, 4.69) is 114 Å². The Kier molecular flexibility index (Phi) is 4.14. The molecule has 0 aliphatic heterocycles. The van der Waals surface area contributed by atoms with Crippen molar-refractivity contribution in [1.82, 2.24) is 9.55 Å². The topological polar surface area (TPSA) is 17.8 Å². The second-order valence-electron chi connectivity index (χ2n) is 7.71. The molecule has 0 saturated heterocycles. The summed E-state index contributed by atoms with van der Waals surface area (Å²) in [7, 11) is 0. The fourth-order valence-electron chi connectivity index (χ4n) is 4.51. The lowest BCUT2D eigenvalue weighted by molar-refractivity contribution is 1.06. The minimum absolute atomic E-state index is 0.982. The first kappa shape index (κ1) is 17.7. The van der Waals surface area contributed by atoms with Crippen molar-refractivity contribution in [3.63, 3.8) is 0 Å². The molecule has 6 aromatic rings. The van der Waals surface area contributed by atoms with Gasteiger partial charge in [0.2, 0.25) is 0 Å². The van der Waals surface area contributed by atoms with Crippen LogP contribution < -0.4 is 0 Å². The van der Waals surface area contributed by atoms with Crippen molar-refractivity contribution in [2.75, 3.05) is 0 Å². The van der Waals surface area contributed by atoms with Crippen LogP contribution in [-0.2, 0) is 0 Å². The van der Waals surface area contributed by atoms with Gasteiger partial charge in [-0.25, -0.2) is 4.98 Å². The van der Waals surface area contributed by atoms with Crippen LogP contribution in [0.1, 0.15) is 0 Å². The number of fused-ring (bicyclic) bond motifs is 2. The van der Waals surface area contributed by atoms with Crippen molar-refractivity contribution < 1.29 is 0 Å². The minimum Gasteiger partial charge on any atom is -0.306 e. The summed E-state index contributed by atoms with van der Waals surface area (Å²) >= 11 is 0. The smallest absolute Gasteiger partial charge is 0.0999 e. The van der Waals surface area contributed by atoms with Gasteiger partial charge >= 0.3 is 0 Å². The third-order valence-electron chi connectivity index (χ3n) is 5.89. The third kappa shape index (κ3) is 2.92. The molecule has 0 aliphatic rings. The molecule has 2 nitrogen and oxygen atoms in total. The third-order valence-corrected chi connectivity index (χ3v) is 5.89. The molecule has 5 aromatic carbocycles. The molecule has 2 heteroatoms. The molecular weight excluding hydrogens is 376 g/mol. The number of hydrogen-bond donors (Lipinski definition) is 0. The summed E-state index contributed by atoms with van der Waals surface area (Å²) < 4.78 is 2.09. The highest BCUT2D eigenvalue weighted by atomic mass is 15.0. The predicted octanol–water partition coefficient (Wildman–Crippen LogP) is 7.51. The van der Waals surface area contributed by atoms with Crippen LogP contribution in [0.5, 0.6) is 0 Å². The van der Waals surface area contributed by atoms with Crippen molar-refractivity contribution in [3.05, 3.63) is 122 Å². The Labute approximate surface area is 181 Å². The van der Waals surface area contributed by atoms with Crippen LogP contribution >= 0.6 is 0 Å². The molecule has 0 saturated carbocycles. The van der Waals surface area contributed by atoms with Gasteiger partial charge in [-0.1, -0.05) is 97.1 Å². The van der Waals surface area contributed by atoms with Gasteiger partial charge in [-0.05, 0) is 44.8 Å². The SMILES string of the molecule is c1ccc(-c2c3ccccc3c(-c3cn(-c4ccccc4)cn3)c3ccccc23)cc1. The minimum atomic E-state index is 0.982. The van der Waals surface area contributed by atoms with Crippen molar-refractivity contribution in [2.45, 2.75) is 0 Å². The van der Waals surface area contributed by atoms with Gasteiger partial charge in [0, 0.05) is 17.4 Å². The summed E-state index contributed by atoms with van der Waals surface area (Å²) in [5, 5.41) is 4.94. The van der Waals surface area contributed by atoms with E-state index in [1.165, 1.54) is 38.2 Å². The monoisotopic (exact) mass is 396 g/mol. The zero-order chi connectivity index (χ0) is 20.6. The van der Waals surface area contributed by atoms with E-state index in [-0.39, 0.29) is 0 Å². The second-order valence-corrected chi connectivity index (χ2v) is 7.71. The first-order valence-electron chi connectivity index (χ1n) is 10.5. The Balaban J connectivity index is 1.69. The molecule has 6 rings (SSSR count). The molecule has 0 radical (unpaired) electrons. The molecular formula is C29H20N2. The quantitative estimate of drug-likeness (QED) is 0.283. The van der Waals surface area contributed by atoms with Crippen molar-refractivity contribution in [3.8, 4) is 28.1 Å². The lowest BCUT2D eigenvalue weighted by Crippen LogP contribution is -1.91. The Hall–Kier alpha value is -4.17. The van der Waals surface area contributed by atoms with E-state index in [9.17, 15) is 0 Å². The maximum Gasteiger partial charge on any atom is 0.0999 e. The Morgan fingerprint density at radius 2 is 0.968 bits per heavy atom. The standard InChI is InChI=1S/C29H20N2/c1-3-11-21(12-4-1)28-23-15-7-9-17-25(23)29(26-18-10-8-16-24(26)28)27-19-31(20-30-27)22-13-5-2-6-14-22/h1-20H. The fourth-order valence-corrected chi connectivity index (χ4v) is 4.51. The molecule has 0 bridgehead atoms. The summed E-state index contributed by atoms with van der Waals surface area (Å²) in [6.45, 7) is 0. The molecule has 0 amide bonds. The highest BCUT2D eigenvalue weighted by Crippen LogP contribution is 2.42. The number of aromatic nitrogens is 2. The number of hydrogen-bond acceptors (Lipinski definition) is 1. The van der Waals surface area contributed by atoms with Crippen molar-refractivity contribution >= 4 is 21.5 Å². The van der Waals surface area contributed by atoms with E-state index in [1.807, 2.05) is 12.4 Å². The highest BCUT2D eigenvalue weighted by molar-refractivity contribution is 6.20. The molecule has 0 atom stereocenters. The number of imidazole rings is 1. The zero-order valence-electron chi connectivity index (χ0n) is 16.9. The molecule has 1 heterocycles. The van der Waals surface area contributed by atoms with Crippen LogP contribution in [-0.4, -0.2) is 9.55 Å². The summed E-state index contributed by atoms with van der Waals surface area (Å²) in [6, 6.07) is 38.3. The van der Waals surface area contributed by atoms with Crippen LogP contribution in [0.4, 0.5) is 0 Å². The normalized spacial score (nSPS) is 11.2. The molecule has 0 unspecified atom stereocenters. The van der Waals surface area contributed by atoms with Crippen LogP contribution in [0.3, 0.4) is 0 Å². The van der Waals surface area contributed by atoms with Gasteiger partial charge in [0.05, 0.1) is 12.0 Å². The van der Waals surface area contributed by atoms with Gasteiger partial charge in [0.15, 0.2) is 0 Å². The van der Waals surface area contributed by atoms with Gasteiger partial charge in [-0.2, -0.15) is 0 Å². The van der Waals surface area contributed by atoms with Gasteiger partial charge in [0.25, 0.3) is 0 Å². The van der Waals surface area contributed by atoms with Crippen LogP contribution in [0, 0.1) is 0 Å². The molecule has 0 spiro atoms. The van der Waals surface area contributed by atoms with Gasteiger partial charge in [-0.3, -0.25) is 0 Å². The van der Waals surface area contributed by atoms with Crippen molar-refractivity contribution in [1.29, 1.82) is 0 Å². The van der Waals surface area contributed by atoms with E-state index in [0.29, 0.717) is 0 Å². The number of nitrogens with zero attached hydrogens (tertiary/aromatic N) is 2. The first-order valence-corrected chi connectivity index (χ1v) is 10.5. The van der Waals surface area contributed by atoms with E-state index in [0.717, 1.165) is 11.4 Å². The van der Waals surface area contributed by atoms with Gasteiger partial charge in [0.1, 0.15) is 0 Å². The molecule has 146 valence electrons. The molecule has 0 aliphatic carbocycles. The largest absolute Gasteiger partial charge is 0.306 e.